The topological polar surface area (TPSA) is 194 Å². The van der Waals surface area contributed by atoms with Gasteiger partial charge in [0.25, 0.3) is 20.0 Å². The van der Waals surface area contributed by atoms with Gasteiger partial charge in [0.15, 0.2) is 32.8 Å². The molecule has 3 N–H and O–H groups in total. The molecule has 0 saturated carbocycles. The third-order valence-electron chi connectivity index (χ3n) is 9.88. The summed E-state index contributed by atoms with van der Waals surface area (Å²) in [7, 11) is -2.79. The lowest BCUT2D eigenvalue weighted by Gasteiger charge is -2.31. The van der Waals surface area contributed by atoms with Crippen LogP contribution in [0.25, 0.3) is 22.1 Å². The van der Waals surface area contributed by atoms with Crippen molar-refractivity contribution in [1.82, 2.24) is 39.4 Å². The maximum Gasteiger partial charge on any atom is 0.260 e. The smallest absolute Gasteiger partial charge is 0.260 e. The van der Waals surface area contributed by atoms with Gasteiger partial charge in [0.1, 0.15) is 5.75 Å². The molecule has 1 saturated heterocycles. The van der Waals surface area contributed by atoms with Gasteiger partial charge in [0, 0.05) is 25.5 Å². The molecule has 57 heavy (non-hydrogen) atoms. The molecule has 1 atom stereocenters. The van der Waals surface area contributed by atoms with Gasteiger partial charge in [-0.3, -0.25) is 10.2 Å². The third-order valence-corrected chi connectivity index (χ3v) is 13.2. The Hall–Kier alpha value is -5.88. The fourth-order valence-electron chi connectivity index (χ4n) is 6.99. The van der Waals surface area contributed by atoms with E-state index in [0.29, 0.717) is 53.1 Å². The lowest BCUT2D eigenvalue weighted by atomic mass is 9.89. The fourth-order valence-corrected chi connectivity index (χ4v) is 9.86. The number of hydrogen-bond donors (Lipinski definition) is 3. The molecule has 17 heteroatoms. The summed E-state index contributed by atoms with van der Waals surface area (Å²) in [6.07, 6.45) is 5.11. The molecule has 0 aliphatic carbocycles. The number of hydrogen-bond acceptors (Lipinski definition) is 11. The van der Waals surface area contributed by atoms with Crippen molar-refractivity contribution >= 4 is 42.1 Å². The van der Waals surface area contributed by atoms with Gasteiger partial charge in [-0.05, 0) is 84.3 Å². The Morgan fingerprint density at radius 2 is 1.30 bits per heavy atom. The van der Waals surface area contributed by atoms with E-state index in [4.69, 9.17) is 14.2 Å². The SMILES string of the molecule is COc1ccc(C(Cc2ccccc2)NS(=O)(=O)c2[nH]nc3ncccc23)cc1OC.COc1ccccc1C1CCN(S(=O)(=O)c2[nH]nc3ncccc23)CC1. The standard InChI is InChI=1S/C22H22N4O4S.C18H20N4O3S/c1-29-19-11-10-16(14-20(19)30-2)18(13-15-7-4-3-5-8-15)26-31(27,28)22-17-9-6-12-23-21(17)24-25-22;1-25-16-7-3-2-5-14(16)13-8-11-22(12-9-13)26(23,24)18-15-6-4-10-19-17(15)20-21-18/h3-12,14,18,26H,13H2,1-2H3,(H,23,24,25);2-7,10,13H,8-9,11-12H2,1H3,(H,19,20,21). The van der Waals surface area contributed by atoms with E-state index in [-0.39, 0.29) is 16.0 Å². The summed E-state index contributed by atoms with van der Waals surface area (Å²) in [5.74, 6) is 2.24. The van der Waals surface area contributed by atoms with Crippen LogP contribution >= 0.6 is 0 Å². The fraction of sp³-hybridized carbons (Fsp3) is 0.250. The highest BCUT2D eigenvalue weighted by molar-refractivity contribution is 7.89. The van der Waals surface area contributed by atoms with Crippen LogP contribution in [-0.2, 0) is 26.5 Å². The molecule has 1 aliphatic heterocycles. The first kappa shape index (κ1) is 39.4. The highest BCUT2D eigenvalue weighted by Crippen LogP contribution is 2.36. The summed E-state index contributed by atoms with van der Waals surface area (Å²) in [4.78, 5) is 8.19. The Morgan fingerprint density at radius 1 is 0.702 bits per heavy atom. The number of piperidine rings is 1. The van der Waals surface area contributed by atoms with Gasteiger partial charge >= 0.3 is 0 Å². The number of nitrogens with zero attached hydrogens (tertiary/aromatic N) is 5. The minimum Gasteiger partial charge on any atom is -0.496 e. The van der Waals surface area contributed by atoms with Crippen LogP contribution in [0.15, 0.2) is 120 Å². The van der Waals surface area contributed by atoms with E-state index in [1.807, 2.05) is 54.6 Å². The normalized spacial score (nSPS) is 14.5. The van der Waals surface area contributed by atoms with E-state index in [1.165, 1.54) is 4.31 Å². The number of benzene rings is 3. The third kappa shape index (κ3) is 8.46. The number of para-hydroxylation sites is 1. The van der Waals surface area contributed by atoms with Crippen molar-refractivity contribution in [2.24, 2.45) is 0 Å². The molecule has 1 fully saturated rings. The molecule has 0 spiro atoms. The first-order valence-corrected chi connectivity index (χ1v) is 21.0. The molecule has 4 aromatic heterocycles. The molecule has 296 valence electrons. The predicted molar refractivity (Wildman–Crippen MR) is 214 cm³/mol. The van der Waals surface area contributed by atoms with Crippen LogP contribution in [0.3, 0.4) is 0 Å². The molecule has 0 radical (unpaired) electrons. The van der Waals surface area contributed by atoms with E-state index < -0.39 is 26.1 Å². The summed E-state index contributed by atoms with van der Waals surface area (Å²) in [5, 5.41) is 14.3. The maximum atomic E-state index is 13.3. The number of sulfonamides is 2. The quantitative estimate of drug-likeness (QED) is 0.136. The molecule has 5 heterocycles. The minimum atomic E-state index is -3.93. The number of aromatic amines is 2. The molecule has 1 unspecified atom stereocenters. The number of fused-ring (bicyclic) bond motifs is 2. The molecule has 15 nitrogen and oxygen atoms in total. The van der Waals surface area contributed by atoms with Gasteiger partial charge in [-0.1, -0.05) is 54.6 Å². The van der Waals surface area contributed by atoms with Gasteiger partial charge in [0.05, 0.1) is 38.1 Å². The van der Waals surface area contributed by atoms with Crippen molar-refractivity contribution in [1.29, 1.82) is 0 Å². The van der Waals surface area contributed by atoms with Crippen molar-refractivity contribution in [3.8, 4) is 17.2 Å². The average molecular weight is 811 g/mol. The van der Waals surface area contributed by atoms with Gasteiger partial charge < -0.3 is 14.2 Å². The maximum absolute atomic E-state index is 13.3. The number of ether oxygens (including phenoxy) is 3. The summed E-state index contributed by atoms with van der Waals surface area (Å²) in [6.45, 7) is 0.928. The summed E-state index contributed by atoms with van der Waals surface area (Å²) >= 11 is 0. The van der Waals surface area contributed by atoms with E-state index in [9.17, 15) is 16.8 Å². The summed E-state index contributed by atoms with van der Waals surface area (Å²) in [5.41, 5.74) is 3.62. The number of H-pyrrole nitrogens is 2. The molecule has 8 rings (SSSR count). The molecular formula is C40H42N8O7S2. The van der Waals surface area contributed by atoms with Crippen molar-refractivity contribution in [3.63, 3.8) is 0 Å². The molecule has 0 bridgehead atoms. The second kappa shape index (κ2) is 17.1. The van der Waals surface area contributed by atoms with Crippen LogP contribution in [0.1, 0.15) is 41.5 Å². The first-order valence-electron chi connectivity index (χ1n) is 18.1. The number of aromatic nitrogens is 6. The molecule has 1 aliphatic rings. The van der Waals surface area contributed by atoms with E-state index in [0.717, 1.165) is 35.3 Å². The largest absolute Gasteiger partial charge is 0.496 e. The number of nitrogens with one attached hydrogen (secondary N) is 3. The zero-order chi connectivity index (χ0) is 40.0. The number of methoxy groups -OCH3 is 3. The molecule has 3 aromatic carbocycles. The Morgan fingerprint density at radius 3 is 1.95 bits per heavy atom. The first-order chi connectivity index (χ1) is 27.6. The van der Waals surface area contributed by atoms with Crippen LogP contribution in [-0.4, -0.2) is 85.9 Å². The van der Waals surface area contributed by atoms with Crippen molar-refractivity contribution < 1.29 is 31.0 Å². The van der Waals surface area contributed by atoms with Crippen molar-refractivity contribution in [2.45, 2.75) is 41.3 Å². The highest BCUT2D eigenvalue weighted by atomic mass is 32.2. The monoisotopic (exact) mass is 810 g/mol. The summed E-state index contributed by atoms with van der Waals surface area (Å²) < 4.78 is 73.2. The molecule has 0 amide bonds. The van der Waals surface area contributed by atoms with Crippen molar-refractivity contribution in [3.05, 3.63) is 126 Å². The molecule has 7 aromatic rings. The summed E-state index contributed by atoms with van der Waals surface area (Å²) in [6, 6.07) is 29.2. The van der Waals surface area contributed by atoms with Gasteiger partial charge in [-0.2, -0.15) is 14.5 Å². The Balaban J connectivity index is 0.000000177. The second-order valence-electron chi connectivity index (χ2n) is 13.3. The number of rotatable bonds is 12. The van der Waals surface area contributed by atoms with E-state index in [2.05, 4.69) is 41.2 Å². The van der Waals surface area contributed by atoms with Gasteiger partial charge in [0.2, 0.25) is 0 Å². The Kier molecular flexibility index (Phi) is 11.8. The highest BCUT2D eigenvalue weighted by Gasteiger charge is 2.33. The molecular weight excluding hydrogens is 769 g/mol. The zero-order valence-corrected chi connectivity index (χ0v) is 33.1. The minimum absolute atomic E-state index is 0.0193. The van der Waals surface area contributed by atoms with Crippen LogP contribution in [0.5, 0.6) is 17.2 Å². The van der Waals surface area contributed by atoms with Crippen LogP contribution in [0.4, 0.5) is 0 Å². The lowest BCUT2D eigenvalue weighted by molar-refractivity contribution is 0.312. The second-order valence-corrected chi connectivity index (χ2v) is 16.8. The Bertz CT molecular complexity index is 2680. The van der Waals surface area contributed by atoms with Gasteiger partial charge in [-0.25, -0.2) is 31.5 Å². The number of pyridine rings is 2. The van der Waals surface area contributed by atoms with Crippen LogP contribution in [0, 0.1) is 0 Å². The average Bonchev–Trinajstić information content (AvgIpc) is 3.90. The van der Waals surface area contributed by atoms with Crippen LogP contribution in [0.2, 0.25) is 0 Å². The zero-order valence-electron chi connectivity index (χ0n) is 31.5. The lowest BCUT2D eigenvalue weighted by Crippen LogP contribution is -2.38. The van der Waals surface area contributed by atoms with E-state index in [1.54, 1.807) is 70.1 Å². The predicted octanol–water partition coefficient (Wildman–Crippen LogP) is 5.77. The van der Waals surface area contributed by atoms with Gasteiger partial charge in [-0.15, -0.1) is 0 Å². The van der Waals surface area contributed by atoms with Crippen molar-refractivity contribution in [2.75, 3.05) is 34.4 Å². The van der Waals surface area contributed by atoms with Crippen LogP contribution < -0.4 is 18.9 Å². The Labute approximate surface area is 330 Å². The van der Waals surface area contributed by atoms with E-state index >= 15 is 0 Å².